The Kier molecular flexibility index (Phi) is 31.2. The van der Waals surface area contributed by atoms with Crippen LogP contribution in [-0.4, -0.2) is 65.6 Å². The van der Waals surface area contributed by atoms with Crippen LogP contribution in [0.3, 0.4) is 0 Å². The maximum absolute atomic E-state index is 11.9. The molecule has 0 unspecified atom stereocenters. The summed E-state index contributed by atoms with van der Waals surface area (Å²) in [6.45, 7) is 4.78. The lowest BCUT2D eigenvalue weighted by Crippen LogP contribution is -2.47. The number of nitrogens with one attached hydrogen (secondary N) is 3. The molecule has 0 aliphatic carbocycles. The number of hydroxylamine groups is 1. The van der Waals surface area contributed by atoms with E-state index in [1.807, 2.05) is 0 Å². The molecular weight excluding hydrogens is 628 g/mol. The van der Waals surface area contributed by atoms with Crippen LogP contribution in [0.4, 0.5) is 0 Å². The molecule has 0 aliphatic heterocycles. The molecule has 0 saturated heterocycles. The molecule has 3 amide bonds. The molecule has 0 bridgehead atoms. The highest BCUT2D eigenvalue weighted by Crippen LogP contribution is 2.09. The Labute approximate surface area is 281 Å². The summed E-state index contributed by atoms with van der Waals surface area (Å²) in [4.78, 5) is 80.0. The van der Waals surface area contributed by atoms with E-state index >= 15 is 0 Å². The smallest absolute Gasteiger partial charge is 0.347 e. The second kappa shape index (κ2) is 32.7. The van der Waals surface area contributed by atoms with Crippen LogP contribution in [0.5, 0.6) is 0 Å². The highest BCUT2D eigenvalue weighted by molar-refractivity contribution is 5.92. The lowest BCUT2D eigenvalue weighted by molar-refractivity contribution is -0.149. The second-order valence-corrected chi connectivity index (χ2v) is 11.1. The molecule has 0 saturated carbocycles. The van der Waals surface area contributed by atoms with Crippen LogP contribution >= 0.6 is 0 Å². The maximum Gasteiger partial charge on any atom is 0.347 e. The third-order valence-electron chi connectivity index (χ3n) is 6.93. The van der Waals surface area contributed by atoms with Crippen molar-refractivity contribution in [3.63, 3.8) is 0 Å². The molecule has 0 spiro atoms. The van der Waals surface area contributed by atoms with Gasteiger partial charge < -0.3 is 15.5 Å². The van der Waals surface area contributed by atoms with E-state index in [0.717, 1.165) is 51.4 Å². The fourth-order valence-electron chi connectivity index (χ4n) is 4.28. The summed E-state index contributed by atoms with van der Waals surface area (Å²) in [5.41, 5.74) is 17.8. The van der Waals surface area contributed by atoms with Gasteiger partial charge in [0.1, 0.15) is 23.7 Å². The van der Waals surface area contributed by atoms with Crippen LogP contribution in [0.25, 0.3) is 20.9 Å². The van der Waals surface area contributed by atoms with Gasteiger partial charge >= 0.3 is 5.97 Å². The van der Waals surface area contributed by atoms with Crippen LogP contribution in [-0.2, 0) is 33.6 Å². The zero-order chi connectivity index (χ0) is 36.4. The third kappa shape index (κ3) is 28.0. The van der Waals surface area contributed by atoms with Gasteiger partial charge in [-0.15, -0.1) is 0 Å². The number of nitrogens with two attached hydrogens (primary N) is 1. The van der Waals surface area contributed by atoms with Crippen molar-refractivity contribution in [2.24, 2.45) is 16.1 Å². The standard InChI is InChI=1S/2C15H27N5O4/c1-2-3-4-5-8-12(21)11-13(15(23)24-17)19-14(22)9-6-7-10-18-20-16;1-2-3-4-5-8-12(21)11-13(15(23)19-24)18-14(22)9-6-7-10-17-20-16/h13H,2-11,17H2,1H3,(H,19,22);13,24H,2-11H2,1H3,(H,18,22)(H,19,23)/t2*13-/m00/s1. The molecule has 2 atom stereocenters. The number of carbonyl (C=O) groups is 6. The van der Waals surface area contributed by atoms with E-state index in [9.17, 15) is 28.8 Å². The number of rotatable bonds is 28. The topological polar surface area (TPSA) is 292 Å². The van der Waals surface area contributed by atoms with Crippen molar-refractivity contribution in [3.05, 3.63) is 20.9 Å². The fourth-order valence-corrected chi connectivity index (χ4v) is 4.28. The number of hydrogen-bond acceptors (Lipinski definition) is 11. The zero-order valence-electron chi connectivity index (χ0n) is 28.4. The summed E-state index contributed by atoms with van der Waals surface area (Å²) in [6.07, 6.45) is 10.7. The molecule has 0 aromatic heterocycles. The van der Waals surface area contributed by atoms with Gasteiger partial charge in [0.15, 0.2) is 0 Å². The number of hydrogen-bond donors (Lipinski definition) is 5. The van der Waals surface area contributed by atoms with Gasteiger partial charge in [0.2, 0.25) is 11.8 Å². The number of nitrogens with zero attached hydrogens (tertiary/aromatic N) is 6. The molecule has 0 aliphatic rings. The minimum absolute atomic E-state index is 0.106. The summed E-state index contributed by atoms with van der Waals surface area (Å²) >= 11 is 0. The van der Waals surface area contributed by atoms with Gasteiger partial charge in [0.05, 0.1) is 0 Å². The Bertz CT molecular complexity index is 980. The number of carbonyl (C=O) groups excluding carboxylic acids is 6. The average Bonchev–Trinajstić information content (AvgIpc) is 3.07. The molecule has 0 aromatic carbocycles. The Morgan fingerprint density at radius 3 is 1.48 bits per heavy atom. The first-order valence-corrected chi connectivity index (χ1v) is 16.6. The number of ketones is 2. The highest BCUT2D eigenvalue weighted by atomic mass is 16.7. The SMILES string of the molecule is CCCCCCC(=O)C[C@H](NC(=O)CCCCN=[N+]=[N-])C(=O)NO.CCCCCCC(=O)C[C@H](NC(=O)CCCCN=[N+]=[N-])C(=O)ON. The maximum atomic E-state index is 11.9. The largest absolute Gasteiger partial charge is 0.372 e. The van der Waals surface area contributed by atoms with E-state index in [4.69, 9.17) is 22.2 Å². The van der Waals surface area contributed by atoms with Crippen LogP contribution in [0, 0.1) is 0 Å². The van der Waals surface area contributed by atoms with Crippen molar-refractivity contribution >= 4 is 35.3 Å². The first-order valence-electron chi connectivity index (χ1n) is 16.6. The Balaban J connectivity index is 0. The predicted molar refractivity (Wildman–Crippen MR) is 177 cm³/mol. The molecule has 18 heteroatoms. The molecule has 18 nitrogen and oxygen atoms in total. The van der Waals surface area contributed by atoms with E-state index in [0.29, 0.717) is 51.6 Å². The number of azide groups is 2. The van der Waals surface area contributed by atoms with Crippen LogP contribution < -0.4 is 22.0 Å². The molecule has 6 N–H and O–H groups in total. The van der Waals surface area contributed by atoms with Crippen molar-refractivity contribution in [2.75, 3.05) is 13.1 Å². The van der Waals surface area contributed by atoms with E-state index < -0.39 is 24.0 Å². The third-order valence-corrected chi connectivity index (χ3v) is 6.93. The molecule has 48 heavy (non-hydrogen) atoms. The van der Waals surface area contributed by atoms with Gasteiger partial charge in [0, 0.05) is 61.4 Å². The molecular formula is C30H54N10O8. The first-order chi connectivity index (χ1) is 23.1. The quantitative estimate of drug-likeness (QED) is 0.0191. The van der Waals surface area contributed by atoms with Gasteiger partial charge in [-0.3, -0.25) is 29.2 Å². The molecule has 0 heterocycles. The van der Waals surface area contributed by atoms with Crippen LogP contribution in [0.2, 0.25) is 0 Å². The highest BCUT2D eigenvalue weighted by Gasteiger charge is 2.25. The summed E-state index contributed by atoms with van der Waals surface area (Å²) in [6, 6.07) is -2.13. The van der Waals surface area contributed by atoms with Crippen molar-refractivity contribution in [1.82, 2.24) is 16.1 Å². The van der Waals surface area contributed by atoms with E-state index in [-0.39, 0.29) is 49.1 Å². The van der Waals surface area contributed by atoms with Crippen molar-refractivity contribution in [3.8, 4) is 0 Å². The summed E-state index contributed by atoms with van der Waals surface area (Å²) in [7, 11) is 0. The Morgan fingerprint density at radius 1 is 0.667 bits per heavy atom. The lowest BCUT2D eigenvalue weighted by atomic mass is 10.0. The zero-order valence-corrected chi connectivity index (χ0v) is 28.4. The monoisotopic (exact) mass is 682 g/mol. The predicted octanol–water partition coefficient (Wildman–Crippen LogP) is 4.69. The normalized spacial score (nSPS) is 11.2. The minimum atomic E-state index is -1.07. The van der Waals surface area contributed by atoms with Crippen LogP contribution in [0.1, 0.15) is 129 Å². The molecule has 0 fully saturated rings. The minimum Gasteiger partial charge on any atom is -0.372 e. The Morgan fingerprint density at radius 2 is 1.08 bits per heavy atom. The van der Waals surface area contributed by atoms with E-state index in [1.165, 1.54) is 5.48 Å². The second-order valence-electron chi connectivity index (χ2n) is 11.1. The molecule has 272 valence electrons. The van der Waals surface area contributed by atoms with Crippen molar-refractivity contribution < 1.29 is 38.8 Å². The van der Waals surface area contributed by atoms with Gasteiger partial charge in [-0.2, -0.15) is 5.90 Å². The fraction of sp³-hybridized carbons (Fsp3) is 0.800. The van der Waals surface area contributed by atoms with E-state index in [2.05, 4.69) is 49.4 Å². The average molecular weight is 683 g/mol. The van der Waals surface area contributed by atoms with Crippen molar-refractivity contribution in [2.45, 2.75) is 142 Å². The molecule has 0 rings (SSSR count). The van der Waals surface area contributed by atoms with E-state index in [1.54, 1.807) is 0 Å². The lowest BCUT2D eigenvalue weighted by Gasteiger charge is -2.16. The Hall–Kier alpha value is -4.24. The number of unbranched alkanes of at least 4 members (excludes halogenated alkanes) is 8. The van der Waals surface area contributed by atoms with Gasteiger partial charge in [-0.1, -0.05) is 62.6 Å². The van der Waals surface area contributed by atoms with Gasteiger partial charge in [-0.05, 0) is 49.6 Å². The first kappa shape index (κ1) is 45.9. The summed E-state index contributed by atoms with van der Waals surface area (Å²) in [5, 5.41) is 20.4. The van der Waals surface area contributed by atoms with Crippen LogP contribution in [0.15, 0.2) is 10.2 Å². The van der Waals surface area contributed by atoms with Gasteiger partial charge in [0.25, 0.3) is 5.91 Å². The number of amides is 3. The summed E-state index contributed by atoms with van der Waals surface area (Å²) in [5.74, 6) is 2.24. The molecule has 0 radical (unpaired) electrons. The van der Waals surface area contributed by atoms with Crippen molar-refractivity contribution in [1.29, 1.82) is 0 Å². The molecule has 0 aromatic rings. The summed E-state index contributed by atoms with van der Waals surface area (Å²) < 4.78 is 0. The van der Waals surface area contributed by atoms with Gasteiger partial charge in [-0.25, -0.2) is 10.3 Å². The number of Topliss-reactive ketones (excluding diaryl/α,β-unsaturated/α-hetero) is 2.